The van der Waals surface area contributed by atoms with Gasteiger partial charge in [-0.2, -0.15) is 0 Å². The Bertz CT molecular complexity index is 354. The van der Waals surface area contributed by atoms with Crippen LogP contribution in [0.4, 0.5) is 0 Å². The Labute approximate surface area is 115 Å². The average Bonchev–Trinajstić information content (AvgIpc) is 2.35. The number of thiocarbonyl (C=S) groups is 1. The Morgan fingerprint density at radius 3 is 2.56 bits per heavy atom. The molecule has 0 bridgehead atoms. The van der Waals surface area contributed by atoms with E-state index in [1.165, 1.54) is 0 Å². The van der Waals surface area contributed by atoms with Gasteiger partial charge in [-0.15, -0.1) is 0 Å². The standard InChI is InChI=1S/C11H20N2O3S2/c1-8(18(2)15)7-13-10(14)11(9(12)17)3-5-16-6-4-11/h8H,3-7H2,1-2H3,(H2,12,17)(H,13,14). The molecule has 1 heterocycles. The monoisotopic (exact) mass is 292 g/mol. The SMILES string of the molecule is CC(CNC(=O)C1(C(N)=S)CCOCC1)S(C)=O. The molecule has 1 aliphatic heterocycles. The van der Waals surface area contributed by atoms with Crippen molar-refractivity contribution in [2.75, 3.05) is 26.0 Å². The van der Waals surface area contributed by atoms with Crippen molar-refractivity contribution in [1.29, 1.82) is 0 Å². The van der Waals surface area contributed by atoms with Crippen LogP contribution in [0.25, 0.3) is 0 Å². The van der Waals surface area contributed by atoms with Crippen LogP contribution in [0.5, 0.6) is 0 Å². The van der Waals surface area contributed by atoms with Gasteiger partial charge >= 0.3 is 0 Å². The summed E-state index contributed by atoms with van der Waals surface area (Å²) in [5.41, 5.74) is 4.92. The molecule has 1 fully saturated rings. The van der Waals surface area contributed by atoms with Crippen LogP contribution in [-0.4, -0.2) is 46.4 Å². The van der Waals surface area contributed by atoms with Crippen LogP contribution in [0.1, 0.15) is 19.8 Å². The molecule has 1 amide bonds. The van der Waals surface area contributed by atoms with Gasteiger partial charge in [0, 0.05) is 42.1 Å². The van der Waals surface area contributed by atoms with Gasteiger partial charge in [0.2, 0.25) is 5.91 Å². The second-order valence-corrected chi connectivity index (χ2v) is 6.82. The third-order valence-corrected chi connectivity index (χ3v) is 5.06. The quantitative estimate of drug-likeness (QED) is 0.695. The van der Waals surface area contributed by atoms with Gasteiger partial charge in [-0.25, -0.2) is 0 Å². The number of rotatable bonds is 5. The summed E-state index contributed by atoms with van der Waals surface area (Å²) >= 11 is 5.04. The lowest BCUT2D eigenvalue weighted by Gasteiger charge is -2.34. The highest BCUT2D eigenvalue weighted by molar-refractivity contribution is 7.84. The van der Waals surface area contributed by atoms with E-state index in [1.54, 1.807) is 6.26 Å². The summed E-state index contributed by atoms with van der Waals surface area (Å²) in [6.07, 6.45) is 2.64. The molecular weight excluding hydrogens is 272 g/mol. The molecule has 1 rings (SSSR count). The van der Waals surface area contributed by atoms with Crippen molar-refractivity contribution in [1.82, 2.24) is 5.32 Å². The summed E-state index contributed by atoms with van der Waals surface area (Å²) in [6.45, 7) is 3.17. The molecule has 0 aromatic rings. The molecule has 1 saturated heterocycles. The van der Waals surface area contributed by atoms with Crippen LogP contribution in [0.2, 0.25) is 0 Å². The predicted molar refractivity (Wildman–Crippen MR) is 75.8 cm³/mol. The Hall–Kier alpha value is -0.530. The van der Waals surface area contributed by atoms with E-state index in [0.29, 0.717) is 32.6 Å². The molecule has 3 N–H and O–H groups in total. The van der Waals surface area contributed by atoms with E-state index in [-0.39, 0.29) is 16.1 Å². The molecule has 0 spiro atoms. The molecule has 2 atom stereocenters. The number of hydrogen-bond acceptors (Lipinski definition) is 4. The summed E-state index contributed by atoms with van der Waals surface area (Å²) in [6, 6.07) is 0. The highest BCUT2D eigenvalue weighted by Crippen LogP contribution is 2.31. The second-order valence-electron chi connectivity index (χ2n) is 4.58. The number of nitrogens with one attached hydrogen (secondary N) is 1. The summed E-state index contributed by atoms with van der Waals surface area (Å²) in [7, 11) is -0.959. The first-order chi connectivity index (χ1) is 8.40. The number of amides is 1. The van der Waals surface area contributed by atoms with Crippen LogP contribution >= 0.6 is 12.2 Å². The zero-order chi connectivity index (χ0) is 13.8. The van der Waals surface area contributed by atoms with Crippen LogP contribution in [0, 0.1) is 5.41 Å². The van der Waals surface area contributed by atoms with Gasteiger partial charge in [0.05, 0.1) is 4.99 Å². The number of hydrogen-bond donors (Lipinski definition) is 2. The Kier molecular flexibility index (Phi) is 5.68. The topological polar surface area (TPSA) is 81.4 Å². The molecule has 0 radical (unpaired) electrons. The van der Waals surface area contributed by atoms with Crippen molar-refractivity contribution in [2.45, 2.75) is 25.0 Å². The molecule has 0 aromatic carbocycles. The predicted octanol–water partition coefficient (Wildman–Crippen LogP) is -0.0475. The Morgan fingerprint density at radius 2 is 2.11 bits per heavy atom. The fourth-order valence-corrected chi connectivity index (χ4v) is 2.44. The highest BCUT2D eigenvalue weighted by atomic mass is 32.2. The van der Waals surface area contributed by atoms with Gasteiger partial charge in [0.25, 0.3) is 0 Å². The summed E-state index contributed by atoms with van der Waals surface area (Å²) in [5, 5.41) is 2.71. The third kappa shape index (κ3) is 3.49. The first kappa shape index (κ1) is 15.5. The van der Waals surface area contributed by atoms with Crippen LogP contribution < -0.4 is 11.1 Å². The molecule has 7 heteroatoms. The second kappa shape index (κ2) is 6.58. The van der Waals surface area contributed by atoms with Crippen molar-refractivity contribution in [3.8, 4) is 0 Å². The molecule has 0 aliphatic carbocycles. The Morgan fingerprint density at radius 1 is 1.56 bits per heavy atom. The highest BCUT2D eigenvalue weighted by Gasteiger charge is 2.42. The van der Waals surface area contributed by atoms with E-state index in [4.69, 9.17) is 22.7 Å². The molecular formula is C11H20N2O3S2. The lowest BCUT2D eigenvalue weighted by Crippen LogP contribution is -2.53. The fraction of sp³-hybridized carbons (Fsp3) is 0.818. The molecule has 5 nitrogen and oxygen atoms in total. The molecule has 0 aromatic heterocycles. The van der Waals surface area contributed by atoms with Crippen molar-refractivity contribution in [2.24, 2.45) is 11.1 Å². The molecule has 104 valence electrons. The third-order valence-electron chi connectivity index (χ3n) is 3.37. The molecule has 1 aliphatic rings. The summed E-state index contributed by atoms with van der Waals surface area (Å²) in [5.74, 6) is -0.171. The maximum Gasteiger partial charge on any atom is 0.233 e. The van der Waals surface area contributed by atoms with Crippen molar-refractivity contribution in [3.63, 3.8) is 0 Å². The number of carbonyl (C=O) groups excluding carboxylic acids is 1. The zero-order valence-electron chi connectivity index (χ0n) is 10.7. The van der Waals surface area contributed by atoms with Gasteiger partial charge in [0.15, 0.2) is 0 Å². The van der Waals surface area contributed by atoms with E-state index in [2.05, 4.69) is 5.32 Å². The van der Waals surface area contributed by atoms with Crippen LogP contribution in [0.15, 0.2) is 0 Å². The summed E-state index contributed by atoms with van der Waals surface area (Å²) in [4.78, 5) is 12.5. The lowest BCUT2D eigenvalue weighted by atomic mass is 9.79. The number of ether oxygens (including phenoxy) is 1. The van der Waals surface area contributed by atoms with Crippen molar-refractivity contribution >= 4 is 33.9 Å². The van der Waals surface area contributed by atoms with Gasteiger partial charge in [-0.1, -0.05) is 12.2 Å². The largest absolute Gasteiger partial charge is 0.392 e. The number of carbonyl (C=O) groups is 1. The van der Waals surface area contributed by atoms with Gasteiger partial charge in [-0.3, -0.25) is 9.00 Å². The molecule has 0 saturated carbocycles. The first-order valence-electron chi connectivity index (χ1n) is 5.88. The van der Waals surface area contributed by atoms with E-state index in [0.717, 1.165) is 0 Å². The fourth-order valence-electron chi connectivity index (χ4n) is 1.83. The van der Waals surface area contributed by atoms with Gasteiger partial charge in [-0.05, 0) is 19.8 Å². The van der Waals surface area contributed by atoms with Crippen LogP contribution in [0.3, 0.4) is 0 Å². The van der Waals surface area contributed by atoms with Crippen molar-refractivity contribution in [3.05, 3.63) is 0 Å². The normalized spacial score (nSPS) is 21.9. The van der Waals surface area contributed by atoms with E-state index in [9.17, 15) is 9.00 Å². The summed E-state index contributed by atoms with van der Waals surface area (Å²) < 4.78 is 16.5. The Balaban J connectivity index is 2.66. The zero-order valence-corrected chi connectivity index (χ0v) is 12.4. The van der Waals surface area contributed by atoms with Crippen LogP contribution in [-0.2, 0) is 20.3 Å². The minimum absolute atomic E-state index is 0.0859. The number of nitrogens with two attached hydrogens (primary N) is 1. The van der Waals surface area contributed by atoms with E-state index >= 15 is 0 Å². The maximum absolute atomic E-state index is 12.3. The minimum atomic E-state index is -0.959. The van der Waals surface area contributed by atoms with E-state index in [1.807, 2.05) is 6.92 Å². The van der Waals surface area contributed by atoms with E-state index < -0.39 is 16.2 Å². The average molecular weight is 292 g/mol. The van der Waals surface area contributed by atoms with Gasteiger partial charge < -0.3 is 15.8 Å². The maximum atomic E-state index is 12.3. The smallest absolute Gasteiger partial charge is 0.233 e. The molecule has 18 heavy (non-hydrogen) atoms. The first-order valence-corrected chi connectivity index (χ1v) is 7.91. The lowest BCUT2D eigenvalue weighted by molar-refractivity contribution is -0.131. The van der Waals surface area contributed by atoms with Gasteiger partial charge in [0.1, 0.15) is 5.41 Å². The van der Waals surface area contributed by atoms with Crippen molar-refractivity contribution < 1.29 is 13.7 Å². The minimum Gasteiger partial charge on any atom is -0.392 e. The molecule has 2 unspecified atom stereocenters.